The van der Waals surface area contributed by atoms with Gasteiger partial charge in [-0.25, -0.2) is 5.90 Å². The molecule has 0 saturated carbocycles. The maximum atomic E-state index is 12.6. The van der Waals surface area contributed by atoms with Gasteiger partial charge in [-0.1, -0.05) is 6.07 Å². The molecular weight excluding hydrogens is 223 g/mol. The van der Waals surface area contributed by atoms with E-state index in [4.69, 9.17) is 5.90 Å². The quantitative estimate of drug-likeness (QED) is 0.813. The molecule has 0 fully saturated rings. The van der Waals surface area contributed by atoms with Crippen LogP contribution in [0.25, 0.3) is 0 Å². The van der Waals surface area contributed by atoms with E-state index in [1.165, 1.54) is 13.2 Å². The highest BCUT2D eigenvalue weighted by Gasteiger charge is 2.34. The van der Waals surface area contributed by atoms with Crippen molar-refractivity contribution in [2.45, 2.75) is 12.6 Å². The van der Waals surface area contributed by atoms with E-state index in [1.54, 1.807) is 6.07 Å². The zero-order valence-electron chi connectivity index (χ0n) is 8.67. The van der Waals surface area contributed by atoms with E-state index in [9.17, 15) is 13.2 Å². The zero-order valence-corrected chi connectivity index (χ0v) is 8.67. The van der Waals surface area contributed by atoms with Gasteiger partial charge in [0.15, 0.2) is 0 Å². The summed E-state index contributed by atoms with van der Waals surface area (Å²) in [6.07, 6.45) is -4.10. The molecule has 0 aliphatic heterocycles. The van der Waals surface area contributed by atoms with Gasteiger partial charge in [-0.05, 0) is 24.1 Å². The van der Waals surface area contributed by atoms with E-state index in [2.05, 4.69) is 9.57 Å². The number of ether oxygens (including phenoxy) is 1. The van der Waals surface area contributed by atoms with Crippen LogP contribution in [0.1, 0.15) is 11.1 Å². The Hall–Kier alpha value is -1.27. The highest BCUT2D eigenvalue weighted by Crippen LogP contribution is 2.36. The van der Waals surface area contributed by atoms with E-state index < -0.39 is 11.7 Å². The van der Waals surface area contributed by atoms with Crippen LogP contribution in [0.4, 0.5) is 13.2 Å². The van der Waals surface area contributed by atoms with E-state index in [-0.39, 0.29) is 12.4 Å². The van der Waals surface area contributed by atoms with Crippen LogP contribution in [0.15, 0.2) is 18.2 Å². The van der Waals surface area contributed by atoms with Crippen molar-refractivity contribution in [3.05, 3.63) is 29.3 Å². The van der Waals surface area contributed by atoms with Crippen LogP contribution in [0.3, 0.4) is 0 Å². The van der Waals surface area contributed by atoms with Gasteiger partial charge in [-0.3, -0.25) is 0 Å². The third-order valence-electron chi connectivity index (χ3n) is 2.08. The molecule has 1 aromatic carbocycles. The molecule has 1 rings (SSSR count). The molecule has 0 atom stereocenters. The Morgan fingerprint density at radius 3 is 2.50 bits per heavy atom. The first-order valence-electron chi connectivity index (χ1n) is 4.55. The van der Waals surface area contributed by atoms with E-state index >= 15 is 0 Å². The van der Waals surface area contributed by atoms with E-state index in [0.29, 0.717) is 12.0 Å². The molecule has 0 saturated heterocycles. The van der Waals surface area contributed by atoms with Crippen LogP contribution < -0.4 is 10.6 Å². The molecular formula is C10H12F3NO2. The lowest BCUT2D eigenvalue weighted by atomic mass is 10.1. The van der Waals surface area contributed by atoms with Gasteiger partial charge in [-0.15, -0.1) is 0 Å². The molecule has 6 heteroatoms. The van der Waals surface area contributed by atoms with Crippen molar-refractivity contribution in [2.24, 2.45) is 5.90 Å². The fraction of sp³-hybridized carbons (Fsp3) is 0.400. The molecule has 0 bridgehead atoms. The standard InChI is InChI=1S/C10H12F3NO2/c1-15-9-3-2-7(4-5-16-14)6-8(9)10(11,12)13/h2-3,6H,4-5,14H2,1H3. The van der Waals surface area contributed by atoms with Crippen LogP contribution in [-0.4, -0.2) is 13.7 Å². The largest absolute Gasteiger partial charge is 0.496 e. The molecule has 16 heavy (non-hydrogen) atoms. The summed E-state index contributed by atoms with van der Waals surface area (Å²) in [5, 5.41) is 0. The second-order valence-corrected chi connectivity index (χ2v) is 3.15. The molecule has 0 spiro atoms. The first-order chi connectivity index (χ1) is 7.49. The summed E-state index contributed by atoms with van der Waals surface area (Å²) in [4.78, 5) is 4.32. The fourth-order valence-electron chi connectivity index (χ4n) is 1.31. The van der Waals surface area contributed by atoms with Crippen molar-refractivity contribution in [3.8, 4) is 5.75 Å². The third kappa shape index (κ3) is 3.11. The molecule has 0 aliphatic carbocycles. The van der Waals surface area contributed by atoms with Gasteiger partial charge in [0.1, 0.15) is 5.75 Å². The minimum Gasteiger partial charge on any atom is -0.496 e. The minimum atomic E-state index is -4.43. The van der Waals surface area contributed by atoms with Gasteiger partial charge in [-0.2, -0.15) is 13.2 Å². The molecule has 0 heterocycles. The summed E-state index contributed by atoms with van der Waals surface area (Å²) >= 11 is 0. The minimum absolute atomic E-state index is 0.170. The molecule has 0 aromatic heterocycles. The molecule has 2 N–H and O–H groups in total. The highest BCUT2D eigenvalue weighted by atomic mass is 19.4. The Kier molecular flexibility index (Phi) is 4.14. The normalized spacial score (nSPS) is 11.6. The average Bonchev–Trinajstić information content (AvgIpc) is 2.24. The number of rotatable bonds is 4. The Balaban J connectivity index is 3.02. The summed E-state index contributed by atoms with van der Waals surface area (Å²) in [7, 11) is 1.20. The summed E-state index contributed by atoms with van der Waals surface area (Å²) in [6.45, 7) is 0.170. The summed E-state index contributed by atoms with van der Waals surface area (Å²) < 4.78 is 42.5. The zero-order chi connectivity index (χ0) is 12.2. The number of nitrogens with two attached hydrogens (primary N) is 1. The molecule has 0 radical (unpaired) electrons. The lowest BCUT2D eigenvalue weighted by Crippen LogP contribution is -2.09. The van der Waals surface area contributed by atoms with Crippen LogP contribution in [-0.2, 0) is 17.4 Å². The molecule has 90 valence electrons. The number of methoxy groups -OCH3 is 1. The highest BCUT2D eigenvalue weighted by molar-refractivity contribution is 5.39. The van der Waals surface area contributed by atoms with Gasteiger partial charge < -0.3 is 9.57 Å². The number of alkyl halides is 3. The van der Waals surface area contributed by atoms with Crippen molar-refractivity contribution in [2.75, 3.05) is 13.7 Å². The topological polar surface area (TPSA) is 44.5 Å². The first-order valence-corrected chi connectivity index (χ1v) is 4.55. The number of benzene rings is 1. The van der Waals surface area contributed by atoms with Gasteiger partial charge in [0.2, 0.25) is 0 Å². The predicted octanol–water partition coefficient (Wildman–Crippen LogP) is 2.15. The Bertz CT molecular complexity index is 352. The molecule has 3 nitrogen and oxygen atoms in total. The van der Waals surface area contributed by atoms with Crippen LogP contribution >= 0.6 is 0 Å². The van der Waals surface area contributed by atoms with Gasteiger partial charge in [0.25, 0.3) is 0 Å². The van der Waals surface area contributed by atoms with Gasteiger partial charge >= 0.3 is 6.18 Å². The Labute approximate surface area is 90.9 Å². The van der Waals surface area contributed by atoms with Gasteiger partial charge in [0.05, 0.1) is 19.3 Å². The SMILES string of the molecule is COc1ccc(CCON)cc1C(F)(F)F. The Morgan fingerprint density at radius 1 is 1.31 bits per heavy atom. The number of hydrogen-bond acceptors (Lipinski definition) is 3. The van der Waals surface area contributed by atoms with Gasteiger partial charge in [0, 0.05) is 0 Å². The smallest absolute Gasteiger partial charge is 0.419 e. The summed E-state index contributed by atoms with van der Waals surface area (Å²) in [5.74, 6) is 4.62. The van der Waals surface area contributed by atoms with Crippen molar-refractivity contribution >= 4 is 0 Å². The predicted molar refractivity (Wildman–Crippen MR) is 51.8 cm³/mol. The third-order valence-corrected chi connectivity index (χ3v) is 2.08. The van der Waals surface area contributed by atoms with Crippen molar-refractivity contribution in [1.82, 2.24) is 0 Å². The number of hydrogen-bond donors (Lipinski definition) is 1. The fourth-order valence-corrected chi connectivity index (χ4v) is 1.31. The van der Waals surface area contributed by atoms with Crippen molar-refractivity contribution < 1.29 is 22.7 Å². The van der Waals surface area contributed by atoms with Crippen LogP contribution in [0, 0.1) is 0 Å². The lowest BCUT2D eigenvalue weighted by molar-refractivity contribution is -0.138. The summed E-state index contributed by atoms with van der Waals surface area (Å²) in [5.41, 5.74) is -0.289. The second-order valence-electron chi connectivity index (χ2n) is 3.15. The second kappa shape index (κ2) is 5.18. The van der Waals surface area contributed by atoms with Crippen LogP contribution in [0.5, 0.6) is 5.75 Å². The monoisotopic (exact) mass is 235 g/mol. The molecule has 1 aromatic rings. The van der Waals surface area contributed by atoms with E-state index in [0.717, 1.165) is 6.07 Å². The Morgan fingerprint density at radius 2 is 2.00 bits per heavy atom. The molecule has 0 aliphatic rings. The van der Waals surface area contributed by atoms with E-state index in [1.807, 2.05) is 0 Å². The maximum Gasteiger partial charge on any atom is 0.419 e. The first kappa shape index (κ1) is 12.8. The number of halogens is 3. The molecule has 0 unspecified atom stereocenters. The summed E-state index contributed by atoms with van der Waals surface area (Å²) in [6, 6.07) is 3.87. The van der Waals surface area contributed by atoms with Crippen molar-refractivity contribution in [3.63, 3.8) is 0 Å². The van der Waals surface area contributed by atoms with Crippen molar-refractivity contribution in [1.29, 1.82) is 0 Å². The molecule has 0 amide bonds. The van der Waals surface area contributed by atoms with Crippen LogP contribution in [0.2, 0.25) is 0 Å². The lowest BCUT2D eigenvalue weighted by Gasteiger charge is -2.13. The average molecular weight is 235 g/mol. The maximum absolute atomic E-state index is 12.6.